The van der Waals surface area contributed by atoms with Crippen molar-refractivity contribution in [2.75, 3.05) is 24.7 Å². The van der Waals surface area contributed by atoms with Crippen LogP contribution in [0.5, 0.6) is 11.6 Å². The zero-order valence-electron chi connectivity index (χ0n) is 22.5. The highest BCUT2D eigenvalue weighted by Crippen LogP contribution is 2.41. The number of carbonyl (C=O) groups is 1. The van der Waals surface area contributed by atoms with E-state index in [4.69, 9.17) is 20.9 Å². The predicted molar refractivity (Wildman–Crippen MR) is 161 cm³/mol. The van der Waals surface area contributed by atoms with Crippen molar-refractivity contribution in [3.63, 3.8) is 0 Å². The second kappa shape index (κ2) is 11.5. The van der Waals surface area contributed by atoms with E-state index in [2.05, 4.69) is 30.6 Å². The quantitative estimate of drug-likeness (QED) is 0.195. The molecule has 1 amide bonds. The number of anilines is 2. The van der Waals surface area contributed by atoms with Crippen molar-refractivity contribution in [1.29, 1.82) is 0 Å². The largest absolute Gasteiger partial charge is 0.496 e. The normalized spacial score (nSPS) is 11.4. The number of methoxy groups -OCH3 is 2. The molecular weight excluding hydrogens is 648 g/mol. The zero-order chi connectivity index (χ0) is 31.1. The van der Waals surface area contributed by atoms with E-state index in [0.29, 0.717) is 39.4 Å². The molecule has 2 aromatic heterocycles. The van der Waals surface area contributed by atoms with E-state index in [0.717, 1.165) is 16.6 Å². The van der Waals surface area contributed by atoms with Gasteiger partial charge in [-0.2, -0.15) is 0 Å². The minimum Gasteiger partial charge on any atom is -0.496 e. The molecule has 0 bridgehead atoms. The van der Waals surface area contributed by atoms with E-state index in [1.54, 1.807) is 36.4 Å². The van der Waals surface area contributed by atoms with Crippen LogP contribution in [0.25, 0.3) is 33.2 Å². The molecule has 0 saturated carbocycles. The molecule has 0 aliphatic heterocycles. The van der Waals surface area contributed by atoms with Crippen molar-refractivity contribution in [3.8, 4) is 33.9 Å². The molecule has 14 heteroatoms. The van der Waals surface area contributed by atoms with Gasteiger partial charge in [0.25, 0.3) is 10.0 Å². The molecule has 5 rings (SSSR count). The Labute approximate surface area is 252 Å². The minimum atomic E-state index is -4.51. The number of hydrogen-bond donors (Lipinski definition) is 3. The monoisotopic (exact) mass is 669 g/mol. The van der Waals surface area contributed by atoms with Crippen molar-refractivity contribution in [2.24, 2.45) is 5.73 Å². The summed E-state index contributed by atoms with van der Waals surface area (Å²) in [6.45, 7) is 0. The van der Waals surface area contributed by atoms with Crippen molar-refractivity contribution in [3.05, 3.63) is 88.5 Å². The Bertz CT molecular complexity index is 2040. The molecule has 0 aliphatic rings. The summed E-state index contributed by atoms with van der Waals surface area (Å²) in [5.41, 5.74) is 14.2. The van der Waals surface area contributed by atoms with Crippen LogP contribution in [0.2, 0.25) is 0 Å². The second-order valence-electron chi connectivity index (χ2n) is 9.15. The molecule has 0 spiro atoms. The van der Waals surface area contributed by atoms with Gasteiger partial charge in [0.15, 0.2) is 0 Å². The predicted octanol–water partition coefficient (Wildman–Crippen LogP) is 5.50. The van der Waals surface area contributed by atoms with Crippen LogP contribution in [0, 0.1) is 11.6 Å². The summed E-state index contributed by atoms with van der Waals surface area (Å²) in [5.74, 6) is -2.58. The Kier molecular flexibility index (Phi) is 7.90. The molecule has 5 N–H and O–H groups in total. The molecule has 0 fully saturated rings. The maximum absolute atomic E-state index is 14.3. The number of nitrogens with zero attached hydrogens (tertiary/aromatic N) is 2. The van der Waals surface area contributed by atoms with Crippen LogP contribution < -0.4 is 25.7 Å². The van der Waals surface area contributed by atoms with Crippen LogP contribution in [-0.4, -0.2) is 38.5 Å². The van der Waals surface area contributed by atoms with E-state index in [1.807, 2.05) is 0 Å². The number of sulfonamides is 1. The number of pyridine rings is 2. The van der Waals surface area contributed by atoms with Crippen molar-refractivity contribution in [1.82, 2.24) is 9.97 Å². The Morgan fingerprint density at radius 3 is 2.42 bits per heavy atom. The number of halogens is 3. The van der Waals surface area contributed by atoms with Gasteiger partial charge in [0.2, 0.25) is 11.8 Å². The van der Waals surface area contributed by atoms with Crippen LogP contribution in [0.4, 0.5) is 20.3 Å². The number of rotatable bonds is 8. The maximum Gasteiger partial charge on any atom is 0.264 e. The molecule has 10 nitrogen and oxygen atoms in total. The number of fused-ring (bicyclic) bond motifs is 1. The van der Waals surface area contributed by atoms with E-state index in [-0.39, 0.29) is 28.5 Å². The van der Waals surface area contributed by atoms with Crippen LogP contribution in [0.3, 0.4) is 0 Å². The summed E-state index contributed by atoms with van der Waals surface area (Å²) < 4.78 is 67.3. The number of nitrogen functional groups attached to an aromatic ring is 1. The van der Waals surface area contributed by atoms with Gasteiger partial charge in [-0.25, -0.2) is 27.2 Å². The average molecular weight is 670 g/mol. The van der Waals surface area contributed by atoms with E-state index in [1.165, 1.54) is 26.5 Å². The third kappa shape index (κ3) is 5.66. The van der Waals surface area contributed by atoms with E-state index in [9.17, 15) is 22.0 Å². The number of ether oxygens (including phenoxy) is 2. The standard InChI is InChI=1S/C29H22BrF2N5O5S/c1-41-23-11-16(30)4-6-18(23)25-26(28(34)38)19-9-14(3-7-21(19)36-27(25)33)15-10-22(29(42-2)35-13-15)37-43(39,40)24-8-5-17(31)12-20(24)32/h3-13,37H,1-2H3,(H2,33,36)(H2,34,38). The molecule has 43 heavy (non-hydrogen) atoms. The summed E-state index contributed by atoms with van der Waals surface area (Å²) >= 11 is 3.39. The van der Waals surface area contributed by atoms with Gasteiger partial charge < -0.3 is 20.9 Å². The van der Waals surface area contributed by atoms with Gasteiger partial charge in [-0.1, -0.05) is 22.0 Å². The van der Waals surface area contributed by atoms with Crippen LogP contribution >= 0.6 is 15.9 Å². The highest BCUT2D eigenvalue weighted by molar-refractivity contribution is 9.10. The summed E-state index contributed by atoms with van der Waals surface area (Å²) in [6, 6.07) is 13.6. The lowest BCUT2D eigenvalue weighted by molar-refractivity contribution is 0.100. The van der Waals surface area contributed by atoms with E-state index >= 15 is 0 Å². The fourth-order valence-electron chi connectivity index (χ4n) is 4.60. The number of benzene rings is 3. The van der Waals surface area contributed by atoms with Crippen molar-refractivity contribution >= 4 is 54.3 Å². The highest BCUT2D eigenvalue weighted by Gasteiger charge is 2.24. The number of amides is 1. The highest BCUT2D eigenvalue weighted by atomic mass is 79.9. The lowest BCUT2D eigenvalue weighted by Gasteiger charge is -2.17. The maximum atomic E-state index is 14.3. The molecular formula is C29H22BrF2N5O5S. The van der Waals surface area contributed by atoms with Gasteiger partial charge >= 0.3 is 0 Å². The fourth-order valence-corrected chi connectivity index (χ4v) is 6.05. The van der Waals surface area contributed by atoms with Crippen molar-refractivity contribution < 1.29 is 31.5 Å². The van der Waals surface area contributed by atoms with Gasteiger partial charge in [0, 0.05) is 38.8 Å². The molecule has 0 atom stereocenters. The third-order valence-electron chi connectivity index (χ3n) is 6.50. The SMILES string of the molecule is COc1cc(Br)ccc1-c1c(N)nc2ccc(-c3cnc(OC)c(NS(=O)(=O)c4ccc(F)cc4F)c3)cc2c1C(N)=O. The third-order valence-corrected chi connectivity index (χ3v) is 8.39. The number of carbonyl (C=O) groups excluding carboxylic acids is 1. The topological polar surface area (TPSA) is 160 Å². The summed E-state index contributed by atoms with van der Waals surface area (Å²) in [5, 5.41) is 0.366. The first-order valence-corrected chi connectivity index (χ1v) is 14.6. The van der Waals surface area contributed by atoms with Crippen LogP contribution in [0.1, 0.15) is 10.4 Å². The number of nitrogens with one attached hydrogen (secondary N) is 1. The first-order valence-electron chi connectivity index (χ1n) is 12.3. The average Bonchev–Trinajstić information content (AvgIpc) is 2.95. The molecule has 5 aromatic rings. The lowest BCUT2D eigenvalue weighted by Crippen LogP contribution is -2.16. The number of aromatic nitrogens is 2. The second-order valence-corrected chi connectivity index (χ2v) is 11.7. The Balaban J connectivity index is 1.66. The first-order chi connectivity index (χ1) is 20.4. The van der Waals surface area contributed by atoms with Gasteiger partial charge in [-0.05, 0) is 54.1 Å². The van der Waals surface area contributed by atoms with Crippen LogP contribution in [-0.2, 0) is 10.0 Å². The van der Waals surface area contributed by atoms with Gasteiger partial charge in [-0.15, -0.1) is 0 Å². The lowest BCUT2D eigenvalue weighted by atomic mass is 9.93. The number of primary amides is 1. The van der Waals surface area contributed by atoms with Crippen LogP contribution in [0.15, 0.2) is 76.2 Å². The fraction of sp³-hybridized carbons (Fsp3) is 0.0690. The minimum absolute atomic E-state index is 0.0607. The molecule has 0 saturated heterocycles. The van der Waals surface area contributed by atoms with Gasteiger partial charge in [0.05, 0.1) is 25.3 Å². The summed E-state index contributed by atoms with van der Waals surface area (Å²) in [6.07, 6.45) is 1.42. The Hall–Kier alpha value is -4.82. The van der Waals surface area contributed by atoms with Crippen molar-refractivity contribution in [2.45, 2.75) is 4.90 Å². The van der Waals surface area contributed by atoms with Gasteiger partial charge in [0.1, 0.15) is 33.8 Å². The molecule has 3 aromatic carbocycles. The van der Waals surface area contributed by atoms with Gasteiger partial charge in [-0.3, -0.25) is 9.52 Å². The molecule has 220 valence electrons. The molecule has 0 unspecified atom stereocenters. The number of nitrogens with two attached hydrogens (primary N) is 2. The molecule has 0 radical (unpaired) electrons. The smallest absolute Gasteiger partial charge is 0.264 e. The first kappa shape index (κ1) is 29.7. The summed E-state index contributed by atoms with van der Waals surface area (Å²) in [4.78, 5) is 20.8. The number of hydrogen-bond acceptors (Lipinski definition) is 8. The molecule has 0 aliphatic carbocycles. The van der Waals surface area contributed by atoms with E-state index < -0.39 is 32.5 Å². The Morgan fingerprint density at radius 1 is 0.977 bits per heavy atom. The Morgan fingerprint density at radius 2 is 1.74 bits per heavy atom. The zero-order valence-corrected chi connectivity index (χ0v) is 24.9. The molecule has 2 heterocycles. The summed E-state index contributed by atoms with van der Waals surface area (Å²) in [7, 11) is -1.75.